The topological polar surface area (TPSA) is 64.3 Å². The number of methoxy groups -OCH3 is 1. The van der Waals surface area contributed by atoms with Crippen molar-refractivity contribution in [3.63, 3.8) is 0 Å². The van der Waals surface area contributed by atoms with E-state index in [-0.39, 0.29) is 11.4 Å². The number of hydrogen-bond donors (Lipinski definition) is 2. The predicted molar refractivity (Wildman–Crippen MR) is 74.1 cm³/mol. The van der Waals surface area contributed by atoms with Crippen molar-refractivity contribution in [1.82, 2.24) is 0 Å². The second kappa shape index (κ2) is 6.07. The Hall–Kier alpha value is -1.26. The van der Waals surface area contributed by atoms with Crippen molar-refractivity contribution in [3.05, 3.63) is 23.2 Å². The van der Waals surface area contributed by atoms with Crippen LogP contribution >= 0.6 is 11.6 Å². The van der Waals surface area contributed by atoms with E-state index in [9.17, 15) is 4.79 Å². The fourth-order valence-corrected chi connectivity index (χ4v) is 1.59. The molecule has 3 N–H and O–H groups in total. The minimum Gasteiger partial charge on any atom is -0.495 e. The van der Waals surface area contributed by atoms with Gasteiger partial charge in [0.25, 0.3) is 0 Å². The van der Waals surface area contributed by atoms with E-state index in [1.807, 2.05) is 13.8 Å². The van der Waals surface area contributed by atoms with Crippen LogP contribution in [0.25, 0.3) is 0 Å². The predicted octanol–water partition coefficient (Wildman–Crippen LogP) is 2.80. The third-order valence-electron chi connectivity index (χ3n) is 2.43. The third-order valence-corrected chi connectivity index (χ3v) is 2.74. The monoisotopic (exact) mass is 270 g/mol. The molecule has 0 aliphatic rings. The van der Waals surface area contributed by atoms with Crippen LogP contribution in [0.2, 0.25) is 5.02 Å². The first-order chi connectivity index (χ1) is 8.31. The third kappa shape index (κ3) is 4.94. The zero-order chi connectivity index (χ0) is 13.8. The summed E-state index contributed by atoms with van der Waals surface area (Å²) in [6.45, 7) is 3.79. The van der Waals surface area contributed by atoms with Crippen molar-refractivity contribution in [3.8, 4) is 5.75 Å². The molecule has 1 amide bonds. The van der Waals surface area contributed by atoms with Gasteiger partial charge in [-0.3, -0.25) is 4.79 Å². The molecule has 0 aromatic heterocycles. The van der Waals surface area contributed by atoms with Gasteiger partial charge in [0.05, 0.1) is 12.1 Å². The van der Waals surface area contributed by atoms with Gasteiger partial charge in [-0.15, -0.1) is 0 Å². The summed E-state index contributed by atoms with van der Waals surface area (Å²) in [5, 5.41) is 3.30. The Morgan fingerprint density at radius 1 is 1.50 bits per heavy atom. The average molecular weight is 271 g/mol. The van der Waals surface area contributed by atoms with E-state index in [0.29, 0.717) is 29.3 Å². The maximum Gasteiger partial charge on any atom is 0.224 e. The summed E-state index contributed by atoms with van der Waals surface area (Å²) in [5.74, 6) is 0.464. The van der Waals surface area contributed by atoms with E-state index in [4.69, 9.17) is 22.1 Å². The highest BCUT2D eigenvalue weighted by Gasteiger charge is 2.13. The number of amides is 1. The molecule has 100 valence electrons. The largest absolute Gasteiger partial charge is 0.495 e. The summed E-state index contributed by atoms with van der Waals surface area (Å²) in [6.07, 6.45) is 1.01. The molecule has 18 heavy (non-hydrogen) atoms. The Morgan fingerprint density at radius 2 is 2.17 bits per heavy atom. The van der Waals surface area contributed by atoms with Crippen molar-refractivity contribution in [1.29, 1.82) is 0 Å². The quantitative estimate of drug-likeness (QED) is 0.865. The van der Waals surface area contributed by atoms with Gasteiger partial charge in [0.1, 0.15) is 5.75 Å². The average Bonchev–Trinajstić information content (AvgIpc) is 2.28. The van der Waals surface area contributed by atoms with Crippen molar-refractivity contribution in [2.45, 2.75) is 32.2 Å². The fraction of sp³-hybridized carbons (Fsp3) is 0.462. The number of nitrogens with two attached hydrogens (primary N) is 1. The molecule has 4 nitrogen and oxygen atoms in total. The second-order valence-corrected chi connectivity index (χ2v) is 5.29. The number of nitrogens with one attached hydrogen (secondary N) is 1. The van der Waals surface area contributed by atoms with E-state index >= 15 is 0 Å². The van der Waals surface area contributed by atoms with Crippen LogP contribution in [0, 0.1) is 0 Å². The first-order valence-corrected chi connectivity index (χ1v) is 6.12. The lowest BCUT2D eigenvalue weighted by atomic mass is 10.00. The highest BCUT2D eigenvalue weighted by atomic mass is 35.5. The maximum atomic E-state index is 11.7. The van der Waals surface area contributed by atoms with Crippen molar-refractivity contribution in [2.75, 3.05) is 12.4 Å². The number of rotatable bonds is 5. The van der Waals surface area contributed by atoms with Crippen LogP contribution in [0.15, 0.2) is 18.2 Å². The Labute approximate surface area is 112 Å². The lowest BCUT2D eigenvalue weighted by molar-refractivity contribution is -0.116. The lowest BCUT2D eigenvalue weighted by Gasteiger charge is -2.17. The van der Waals surface area contributed by atoms with Gasteiger partial charge in [0, 0.05) is 23.7 Å². The number of ether oxygens (including phenoxy) is 1. The molecule has 1 aromatic carbocycles. The van der Waals surface area contributed by atoms with Crippen molar-refractivity contribution >= 4 is 23.2 Å². The van der Waals surface area contributed by atoms with Crippen LogP contribution in [0.4, 0.5) is 5.69 Å². The van der Waals surface area contributed by atoms with Gasteiger partial charge in [-0.05, 0) is 32.4 Å². The lowest BCUT2D eigenvalue weighted by Crippen LogP contribution is -2.33. The molecule has 0 heterocycles. The zero-order valence-electron chi connectivity index (χ0n) is 10.9. The van der Waals surface area contributed by atoms with Crippen molar-refractivity contribution < 1.29 is 9.53 Å². The normalized spacial score (nSPS) is 11.2. The van der Waals surface area contributed by atoms with Gasteiger partial charge in [0.15, 0.2) is 0 Å². The highest BCUT2D eigenvalue weighted by Crippen LogP contribution is 2.27. The van der Waals surface area contributed by atoms with Crippen LogP contribution in [-0.2, 0) is 4.79 Å². The Morgan fingerprint density at radius 3 is 2.72 bits per heavy atom. The summed E-state index contributed by atoms with van der Waals surface area (Å²) >= 11 is 5.90. The number of benzene rings is 1. The molecule has 0 radical (unpaired) electrons. The van der Waals surface area contributed by atoms with Gasteiger partial charge < -0.3 is 15.8 Å². The highest BCUT2D eigenvalue weighted by molar-refractivity contribution is 6.32. The van der Waals surface area contributed by atoms with Gasteiger partial charge in [-0.1, -0.05) is 11.6 Å². The molecule has 5 heteroatoms. The van der Waals surface area contributed by atoms with Crippen LogP contribution in [0.3, 0.4) is 0 Å². The molecule has 0 fully saturated rings. The van der Waals surface area contributed by atoms with E-state index < -0.39 is 0 Å². The van der Waals surface area contributed by atoms with E-state index in [0.717, 1.165) is 0 Å². The molecular formula is C13H19ClN2O2. The van der Waals surface area contributed by atoms with Crippen molar-refractivity contribution in [2.24, 2.45) is 5.73 Å². The summed E-state index contributed by atoms with van der Waals surface area (Å²) in [7, 11) is 1.53. The second-order valence-electron chi connectivity index (χ2n) is 4.89. The number of halogens is 1. The Bertz CT molecular complexity index is 427. The molecule has 0 aliphatic heterocycles. The molecule has 0 saturated carbocycles. The number of hydrogen-bond acceptors (Lipinski definition) is 3. The first kappa shape index (κ1) is 14.8. The maximum absolute atomic E-state index is 11.7. The SMILES string of the molecule is COc1cc(NC(=O)CCC(C)(C)N)ccc1Cl. The molecule has 1 rings (SSSR count). The number of anilines is 1. The van der Waals surface area contributed by atoms with Crippen LogP contribution in [0.5, 0.6) is 5.75 Å². The van der Waals surface area contributed by atoms with Gasteiger partial charge in [0.2, 0.25) is 5.91 Å². The number of carbonyl (C=O) groups is 1. The molecule has 0 unspecified atom stereocenters. The first-order valence-electron chi connectivity index (χ1n) is 5.74. The van der Waals surface area contributed by atoms with Crippen LogP contribution < -0.4 is 15.8 Å². The molecule has 0 bridgehead atoms. The van der Waals surface area contributed by atoms with E-state index in [2.05, 4.69) is 5.32 Å². The molecule has 0 spiro atoms. The molecule has 1 aromatic rings. The van der Waals surface area contributed by atoms with Gasteiger partial charge in [-0.25, -0.2) is 0 Å². The van der Waals surface area contributed by atoms with E-state index in [1.54, 1.807) is 18.2 Å². The van der Waals surface area contributed by atoms with Gasteiger partial charge >= 0.3 is 0 Å². The van der Waals surface area contributed by atoms with Gasteiger partial charge in [-0.2, -0.15) is 0 Å². The molecular weight excluding hydrogens is 252 g/mol. The number of carbonyl (C=O) groups excluding carboxylic acids is 1. The van der Waals surface area contributed by atoms with Crippen LogP contribution in [0.1, 0.15) is 26.7 Å². The minimum atomic E-state index is -0.338. The summed E-state index contributed by atoms with van der Waals surface area (Å²) in [5.41, 5.74) is 6.15. The standard InChI is InChI=1S/C13H19ClN2O2/c1-13(2,15)7-6-12(17)16-9-4-5-10(14)11(8-9)18-3/h4-5,8H,6-7,15H2,1-3H3,(H,16,17). The summed E-state index contributed by atoms with van der Waals surface area (Å²) < 4.78 is 5.08. The molecule has 0 saturated heterocycles. The smallest absolute Gasteiger partial charge is 0.224 e. The Balaban J connectivity index is 2.59. The van der Waals surface area contributed by atoms with E-state index in [1.165, 1.54) is 7.11 Å². The fourth-order valence-electron chi connectivity index (χ4n) is 1.40. The minimum absolute atomic E-state index is 0.0714. The Kier molecular flexibility index (Phi) is 4.99. The van der Waals surface area contributed by atoms with Crippen LogP contribution in [-0.4, -0.2) is 18.6 Å². The molecule has 0 aliphatic carbocycles. The summed E-state index contributed by atoms with van der Waals surface area (Å²) in [4.78, 5) is 11.7. The zero-order valence-corrected chi connectivity index (χ0v) is 11.7. The summed E-state index contributed by atoms with van der Waals surface area (Å²) in [6, 6.07) is 5.10. The molecule has 0 atom stereocenters.